The largest absolute Gasteiger partial charge is 0.350 e. The van der Waals surface area contributed by atoms with Gasteiger partial charge in [0.15, 0.2) is 0 Å². The Bertz CT molecular complexity index is 1110. The Hall–Kier alpha value is -3.35. The van der Waals surface area contributed by atoms with Crippen LogP contribution in [0, 0.1) is 0 Å². The Morgan fingerprint density at radius 3 is 2.28 bits per heavy atom. The van der Waals surface area contributed by atoms with Crippen LogP contribution in [0.2, 0.25) is 0 Å². The molecule has 0 atom stereocenters. The van der Waals surface area contributed by atoms with Crippen molar-refractivity contribution in [2.24, 2.45) is 0 Å². The first-order chi connectivity index (χ1) is 14.1. The zero-order chi connectivity index (χ0) is 20.4. The van der Waals surface area contributed by atoms with E-state index < -0.39 is 0 Å². The fourth-order valence-corrected chi connectivity index (χ4v) is 3.40. The number of nitrogens with one attached hydrogen (secondary N) is 2. The van der Waals surface area contributed by atoms with Crippen LogP contribution in [-0.4, -0.2) is 27.0 Å². The third kappa shape index (κ3) is 4.08. The minimum Gasteiger partial charge on any atom is -0.350 e. The maximum Gasteiger partial charge on any atom is 0.329 e. The van der Waals surface area contributed by atoms with E-state index in [1.165, 1.54) is 4.57 Å². The van der Waals surface area contributed by atoms with Crippen LogP contribution in [0.1, 0.15) is 35.7 Å². The van der Waals surface area contributed by atoms with E-state index in [2.05, 4.69) is 10.6 Å². The number of imidazole rings is 1. The monoisotopic (exact) mass is 392 g/mol. The molecule has 150 valence electrons. The number of carbonyl (C=O) groups is 2. The standard InChI is InChI=1S/C22H24N4O3/c1-2-25-18-5-3-4-6-19(18)26(22(25)29)14-20(27)23-13-15-7-9-16(10-8-15)21(28)24-17-11-12-17/h3-10,17H,2,11-14H2,1H3,(H,23,27)(H,24,28). The Morgan fingerprint density at radius 1 is 1.00 bits per heavy atom. The van der Waals surface area contributed by atoms with E-state index in [1.807, 2.05) is 43.3 Å². The van der Waals surface area contributed by atoms with Crippen LogP contribution in [0.25, 0.3) is 11.0 Å². The van der Waals surface area contributed by atoms with Crippen LogP contribution in [0.3, 0.4) is 0 Å². The SMILES string of the molecule is CCn1c(=O)n(CC(=O)NCc2ccc(C(=O)NC3CC3)cc2)c2ccccc21. The summed E-state index contributed by atoms with van der Waals surface area (Å²) in [5.74, 6) is -0.295. The molecule has 2 N–H and O–H groups in total. The molecule has 0 radical (unpaired) electrons. The summed E-state index contributed by atoms with van der Waals surface area (Å²) in [6.45, 7) is 2.76. The number of fused-ring (bicyclic) bond motifs is 1. The second-order valence-electron chi connectivity index (χ2n) is 7.32. The van der Waals surface area contributed by atoms with Gasteiger partial charge in [0.25, 0.3) is 5.91 Å². The predicted molar refractivity (Wildman–Crippen MR) is 111 cm³/mol. The van der Waals surface area contributed by atoms with Gasteiger partial charge in [0.2, 0.25) is 5.91 Å². The van der Waals surface area contributed by atoms with Crippen molar-refractivity contribution in [2.75, 3.05) is 0 Å². The summed E-state index contributed by atoms with van der Waals surface area (Å²) in [7, 11) is 0. The van der Waals surface area contributed by atoms with Crippen LogP contribution in [-0.2, 0) is 24.4 Å². The van der Waals surface area contributed by atoms with E-state index in [0.717, 1.165) is 29.4 Å². The zero-order valence-corrected chi connectivity index (χ0v) is 16.4. The maximum atomic E-state index is 12.6. The van der Waals surface area contributed by atoms with Gasteiger partial charge in [-0.1, -0.05) is 24.3 Å². The number of hydrogen-bond acceptors (Lipinski definition) is 3. The molecule has 4 rings (SSSR count). The molecule has 0 bridgehead atoms. The molecule has 7 heteroatoms. The molecular weight excluding hydrogens is 368 g/mol. The van der Waals surface area contributed by atoms with Crippen molar-refractivity contribution >= 4 is 22.8 Å². The minimum absolute atomic E-state index is 0.0335. The molecule has 0 saturated heterocycles. The molecule has 1 heterocycles. The molecule has 0 unspecified atom stereocenters. The Kier molecular flexibility index (Phi) is 5.20. The lowest BCUT2D eigenvalue weighted by Gasteiger charge is -2.08. The third-order valence-electron chi connectivity index (χ3n) is 5.16. The highest BCUT2D eigenvalue weighted by atomic mass is 16.2. The first-order valence-electron chi connectivity index (χ1n) is 9.91. The van der Waals surface area contributed by atoms with Crippen molar-refractivity contribution in [3.05, 3.63) is 70.1 Å². The van der Waals surface area contributed by atoms with Crippen molar-refractivity contribution in [1.29, 1.82) is 0 Å². The second-order valence-corrected chi connectivity index (χ2v) is 7.32. The first-order valence-corrected chi connectivity index (χ1v) is 9.91. The van der Waals surface area contributed by atoms with Gasteiger partial charge in [-0.2, -0.15) is 0 Å². The summed E-state index contributed by atoms with van der Waals surface area (Å²) in [4.78, 5) is 37.1. The average molecular weight is 392 g/mol. The molecule has 1 aliphatic carbocycles. The van der Waals surface area contributed by atoms with Crippen LogP contribution in [0.15, 0.2) is 53.3 Å². The van der Waals surface area contributed by atoms with Crippen molar-refractivity contribution in [3.63, 3.8) is 0 Å². The first kappa shape index (κ1) is 19.0. The summed E-state index contributed by atoms with van der Waals surface area (Å²) < 4.78 is 3.16. The van der Waals surface area contributed by atoms with Gasteiger partial charge in [0, 0.05) is 24.7 Å². The van der Waals surface area contributed by atoms with Gasteiger partial charge in [-0.25, -0.2) is 4.79 Å². The molecule has 2 amide bonds. The molecule has 0 aliphatic heterocycles. The van der Waals surface area contributed by atoms with E-state index in [0.29, 0.717) is 24.7 Å². The van der Waals surface area contributed by atoms with E-state index in [4.69, 9.17) is 0 Å². The molecular formula is C22H24N4O3. The summed E-state index contributed by atoms with van der Waals surface area (Å²) >= 11 is 0. The molecule has 1 aromatic heterocycles. The Balaban J connectivity index is 1.39. The fraction of sp³-hybridized carbons (Fsp3) is 0.318. The smallest absolute Gasteiger partial charge is 0.329 e. The summed E-state index contributed by atoms with van der Waals surface area (Å²) in [5.41, 5.74) is 2.90. The van der Waals surface area contributed by atoms with Gasteiger partial charge in [0.05, 0.1) is 11.0 Å². The number of nitrogens with zero attached hydrogens (tertiary/aromatic N) is 2. The van der Waals surface area contributed by atoms with E-state index in [-0.39, 0.29) is 24.0 Å². The Labute approximate surface area is 168 Å². The van der Waals surface area contributed by atoms with Crippen LogP contribution in [0.5, 0.6) is 0 Å². The summed E-state index contributed by atoms with van der Waals surface area (Å²) in [6.07, 6.45) is 2.10. The van der Waals surface area contributed by atoms with Crippen molar-refractivity contribution < 1.29 is 9.59 Å². The van der Waals surface area contributed by atoms with Gasteiger partial charge in [-0.3, -0.25) is 18.7 Å². The van der Waals surface area contributed by atoms with Crippen LogP contribution < -0.4 is 16.3 Å². The summed E-state index contributed by atoms with van der Waals surface area (Å²) in [6, 6.07) is 15.0. The number of hydrogen-bond donors (Lipinski definition) is 2. The normalized spacial score (nSPS) is 13.4. The van der Waals surface area contributed by atoms with E-state index in [9.17, 15) is 14.4 Å². The third-order valence-corrected chi connectivity index (χ3v) is 5.16. The lowest BCUT2D eigenvalue weighted by Crippen LogP contribution is -2.32. The molecule has 3 aromatic rings. The lowest BCUT2D eigenvalue weighted by molar-refractivity contribution is -0.121. The highest BCUT2D eigenvalue weighted by Gasteiger charge is 2.23. The Morgan fingerprint density at radius 2 is 1.66 bits per heavy atom. The number of amides is 2. The zero-order valence-electron chi connectivity index (χ0n) is 16.4. The van der Waals surface area contributed by atoms with E-state index >= 15 is 0 Å². The van der Waals surface area contributed by atoms with Gasteiger partial charge < -0.3 is 10.6 Å². The molecule has 0 spiro atoms. The number of aryl methyl sites for hydroxylation is 1. The number of benzene rings is 2. The summed E-state index contributed by atoms with van der Waals surface area (Å²) in [5, 5.41) is 5.80. The number of rotatable bonds is 7. The fourth-order valence-electron chi connectivity index (χ4n) is 3.40. The lowest BCUT2D eigenvalue weighted by atomic mass is 10.1. The highest BCUT2D eigenvalue weighted by Crippen LogP contribution is 2.19. The van der Waals surface area contributed by atoms with Crippen molar-refractivity contribution in [3.8, 4) is 0 Å². The van der Waals surface area contributed by atoms with Crippen molar-refractivity contribution in [2.45, 2.75) is 45.4 Å². The van der Waals surface area contributed by atoms with Gasteiger partial charge >= 0.3 is 5.69 Å². The molecule has 1 aliphatic rings. The van der Waals surface area contributed by atoms with Crippen molar-refractivity contribution in [1.82, 2.24) is 19.8 Å². The molecule has 1 saturated carbocycles. The number of carbonyl (C=O) groups excluding carboxylic acids is 2. The quantitative estimate of drug-likeness (QED) is 0.645. The maximum absolute atomic E-state index is 12.6. The van der Waals surface area contributed by atoms with Crippen LogP contribution >= 0.6 is 0 Å². The molecule has 29 heavy (non-hydrogen) atoms. The topological polar surface area (TPSA) is 85.1 Å². The molecule has 1 fully saturated rings. The van der Waals surface area contributed by atoms with E-state index in [1.54, 1.807) is 16.7 Å². The molecule has 2 aromatic carbocycles. The van der Waals surface area contributed by atoms with Gasteiger partial charge in [0.1, 0.15) is 6.54 Å². The predicted octanol–water partition coefficient (Wildman–Crippen LogP) is 2.03. The van der Waals surface area contributed by atoms with Gasteiger partial charge in [-0.15, -0.1) is 0 Å². The van der Waals surface area contributed by atoms with Crippen LogP contribution in [0.4, 0.5) is 0 Å². The molecule has 7 nitrogen and oxygen atoms in total. The average Bonchev–Trinajstić information content (AvgIpc) is 3.51. The highest BCUT2D eigenvalue weighted by molar-refractivity contribution is 5.94. The minimum atomic E-state index is -0.235. The number of aromatic nitrogens is 2. The number of para-hydroxylation sites is 2. The second kappa shape index (κ2) is 7.95. The van der Waals surface area contributed by atoms with Gasteiger partial charge in [-0.05, 0) is 49.6 Å².